The molecule has 26 heavy (non-hydrogen) atoms. The van der Waals surface area contributed by atoms with E-state index in [2.05, 4.69) is 35.1 Å². The summed E-state index contributed by atoms with van der Waals surface area (Å²) in [5.41, 5.74) is 1.35. The number of benzene rings is 1. The van der Waals surface area contributed by atoms with Gasteiger partial charge >= 0.3 is 6.03 Å². The van der Waals surface area contributed by atoms with Gasteiger partial charge in [0, 0.05) is 0 Å². The molecular weight excluding hydrogens is 400 g/mol. The van der Waals surface area contributed by atoms with Crippen molar-refractivity contribution in [3.63, 3.8) is 0 Å². The topological polar surface area (TPSA) is 79.6 Å². The third kappa shape index (κ3) is 3.48. The zero-order valence-corrected chi connectivity index (χ0v) is 15.9. The van der Waals surface area contributed by atoms with Crippen molar-refractivity contribution in [2.45, 2.75) is 26.2 Å². The van der Waals surface area contributed by atoms with Gasteiger partial charge in [-0.2, -0.15) is 0 Å². The first-order valence-corrected chi connectivity index (χ1v) is 8.96. The van der Waals surface area contributed by atoms with Gasteiger partial charge in [0.05, 0.1) is 5.69 Å². The number of nitrogens with zero attached hydrogens (tertiary/aromatic N) is 1. The van der Waals surface area contributed by atoms with Gasteiger partial charge in [-0.05, 0) is 64.2 Å². The van der Waals surface area contributed by atoms with Crippen LogP contribution in [0.15, 0.2) is 51.1 Å². The number of halogens is 1. The Morgan fingerprint density at radius 1 is 1.15 bits per heavy atom. The molecule has 1 fully saturated rings. The van der Waals surface area contributed by atoms with E-state index in [0.717, 1.165) is 16.9 Å². The van der Waals surface area contributed by atoms with Crippen LogP contribution >= 0.6 is 15.9 Å². The summed E-state index contributed by atoms with van der Waals surface area (Å²) in [5.74, 6) is -0.733. The number of hydrogen-bond acceptors (Lipinski definition) is 4. The second-order valence-corrected chi connectivity index (χ2v) is 6.78. The summed E-state index contributed by atoms with van der Waals surface area (Å²) in [6.45, 7) is 4.20. The summed E-state index contributed by atoms with van der Waals surface area (Å²) in [6, 6.07) is 9.66. The monoisotopic (exact) mass is 416 g/mol. The maximum Gasteiger partial charge on any atom is 0.335 e. The van der Waals surface area contributed by atoms with Crippen LogP contribution in [0.1, 0.15) is 37.5 Å². The van der Waals surface area contributed by atoms with E-state index in [1.807, 2.05) is 12.1 Å². The van der Waals surface area contributed by atoms with Gasteiger partial charge in [0.25, 0.3) is 11.8 Å². The zero-order valence-electron chi connectivity index (χ0n) is 14.3. The fourth-order valence-electron chi connectivity index (χ4n) is 2.63. The van der Waals surface area contributed by atoms with Crippen LogP contribution in [0.2, 0.25) is 0 Å². The predicted octanol–water partition coefficient (Wildman–Crippen LogP) is 4.22. The first-order chi connectivity index (χ1) is 12.4. The first-order valence-electron chi connectivity index (χ1n) is 8.17. The molecule has 0 unspecified atom stereocenters. The van der Waals surface area contributed by atoms with Crippen molar-refractivity contribution in [1.29, 1.82) is 0 Å². The minimum absolute atomic E-state index is 0.169. The molecule has 134 valence electrons. The second kappa shape index (κ2) is 7.29. The summed E-state index contributed by atoms with van der Waals surface area (Å²) in [5, 5.41) is 2.19. The summed E-state index contributed by atoms with van der Waals surface area (Å²) in [7, 11) is 0. The highest BCUT2D eigenvalue weighted by molar-refractivity contribution is 9.10. The Balaban J connectivity index is 1.94. The normalized spacial score (nSPS) is 17.6. The maximum absolute atomic E-state index is 12.8. The Bertz CT molecular complexity index is 899. The molecule has 1 N–H and O–H groups in total. The highest BCUT2D eigenvalue weighted by atomic mass is 79.9. The number of amides is 4. The van der Waals surface area contributed by atoms with Crippen molar-refractivity contribution in [3.8, 4) is 0 Å². The highest BCUT2D eigenvalue weighted by Gasteiger charge is 2.37. The standard InChI is InChI=1S/C19H17BrN2O4/c1-3-11(2)12-4-6-13(7-5-12)22-18(24)15(17(23)21-19(22)25)10-14-8-9-16(20)26-14/h4-11H,3H2,1-2H3,(H,21,23,25)/b15-10-/t11-/m1/s1. The lowest BCUT2D eigenvalue weighted by molar-refractivity contribution is -0.122. The molecule has 0 spiro atoms. The number of imide groups is 2. The lowest BCUT2D eigenvalue weighted by atomic mass is 9.98. The Labute approximate surface area is 159 Å². The molecule has 6 nitrogen and oxygen atoms in total. The van der Waals surface area contributed by atoms with Gasteiger partial charge in [-0.3, -0.25) is 14.9 Å². The molecule has 2 heterocycles. The third-order valence-corrected chi connectivity index (χ3v) is 4.74. The summed E-state index contributed by atoms with van der Waals surface area (Å²) in [4.78, 5) is 38.0. The van der Waals surface area contributed by atoms with Gasteiger partial charge < -0.3 is 4.42 Å². The van der Waals surface area contributed by atoms with E-state index >= 15 is 0 Å². The van der Waals surface area contributed by atoms with E-state index in [-0.39, 0.29) is 5.57 Å². The SMILES string of the molecule is CC[C@@H](C)c1ccc(N2C(=O)NC(=O)/C(=C/c3ccc(Br)o3)C2=O)cc1. The molecule has 1 saturated heterocycles. The van der Waals surface area contributed by atoms with Gasteiger partial charge in [0.2, 0.25) is 0 Å². The van der Waals surface area contributed by atoms with E-state index in [9.17, 15) is 14.4 Å². The maximum atomic E-state index is 12.8. The molecule has 4 amide bonds. The number of rotatable bonds is 4. The van der Waals surface area contributed by atoms with E-state index < -0.39 is 17.8 Å². The average Bonchev–Trinajstić information content (AvgIpc) is 3.03. The fraction of sp³-hybridized carbons (Fsp3) is 0.211. The molecule has 1 aliphatic rings. The third-order valence-electron chi connectivity index (χ3n) is 4.31. The fourth-order valence-corrected chi connectivity index (χ4v) is 2.95. The Morgan fingerprint density at radius 2 is 1.85 bits per heavy atom. The van der Waals surface area contributed by atoms with Gasteiger partial charge in [0.15, 0.2) is 4.67 Å². The van der Waals surface area contributed by atoms with Crippen LogP contribution in [0.3, 0.4) is 0 Å². The predicted molar refractivity (Wildman–Crippen MR) is 101 cm³/mol. The van der Waals surface area contributed by atoms with Crippen molar-refractivity contribution >= 4 is 45.5 Å². The molecule has 0 radical (unpaired) electrons. The van der Waals surface area contributed by atoms with Crippen molar-refractivity contribution in [1.82, 2.24) is 5.32 Å². The van der Waals surface area contributed by atoms with Crippen LogP contribution in [0.5, 0.6) is 0 Å². The first kappa shape index (κ1) is 18.1. The number of furan rings is 1. The molecule has 0 saturated carbocycles. The molecule has 2 aromatic rings. The van der Waals surface area contributed by atoms with Crippen LogP contribution in [0.25, 0.3) is 6.08 Å². The van der Waals surface area contributed by atoms with Gasteiger partial charge in [-0.1, -0.05) is 26.0 Å². The van der Waals surface area contributed by atoms with E-state index in [1.165, 1.54) is 6.08 Å². The molecular formula is C19H17BrN2O4. The van der Waals surface area contributed by atoms with Gasteiger partial charge in [-0.25, -0.2) is 9.69 Å². The number of carbonyl (C=O) groups excluding carboxylic acids is 3. The van der Waals surface area contributed by atoms with Gasteiger partial charge in [-0.15, -0.1) is 0 Å². The largest absolute Gasteiger partial charge is 0.450 e. The van der Waals surface area contributed by atoms with Crippen LogP contribution in [0, 0.1) is 0 Å². The Hall–Kier alpha value is -2.67. The van der Waals surface area contributed by atoms with Crippen molar-refractivity contribution < 1.29 is 18.8 Å². The van der Waals surface area contributed by atoms with E-state index in [1.54, 1.807) is 24.3 Å². The zero-order chi connectivity index (χ0) is 18.8. The number of barbiturate groups is 1. The lowest BCUT2D eigenvalue weighted by Crippen LogP contribution is -2.54. The van der Waals surface area contributed by atoms with E-state index in [4.69, 9.17) is 4.42 Å². The Morgan fingerprint density at radius 3 is 2.42 bits per heavy atom. The highest BCUT2D eigenvalue weighted by Crippen LogP contribution is 2.26. The number of anilines is 1. The lowest BCUT2D eigenvalue weighted by Gasteiger charge is -2.26. The molecule has 7 heteroatoms. The van der Waals surface area contributed by atoms with Crippen molar-refractivity contribution in [2.24, 2.45) is 0 Å². The number of urea groups is 1. The molecule has 1 aliphatic heterocycles. The molecule has 1 atom stereocenters. The average molecular weight is 417 g/mol. The molecule has 0 aliphatic carbocycles. The van der Waals surface area contributed by atoms with Crippen LogP contribution in [-0.4, -0.2) is 17.8 Å². The Kier molecular flexibility index (Phi) is 5.08. The summed E-state index contributed by atoms with van der Waals surface area (Å²) < 4.78 is 5.78. The molecule has 1 aromatic carbocycles. The minimum atomic E-state index is -0.769. The van der Waals surface area contributed by atoms with Gasteiger partial charge in [0.1, 0.15) is 11.3 Å². The quantitative estimate of drug-likeness (QED) is 0.597. The van der Waals surface area contributed by atoms with Crippen LogP contribution < -0.4 is 10.2 Å². The molecule has 0 bridgehead atoms. The van der Waals surface area contributed by atoms with Crippen molar-refractivity contribution in [2.75, 3.05) is 4.90 Å². The summed E-state index contributed by atoms with van der Waals surface area (Å²) >= 11 is 3.16. The number of nitrogens with one attached hydrogen (secondary N) is 1. The second-order valence-electron chi connectivity index (χ2n) is 6.00. The van der Waals surface area contributed by atoms with Crippen LogP contribution in [-0.2, 0) is 9.59 Å². The smallest absolute Gasteiger partial charge is 0.335 e. The number of carbonyl (C=O) groups is 3. The van der Waals surface area contributed by atoms with Crippen LogP contribution in [0.4, 0.5) is 10.5 Å². The summed E-state index contributed by atoms with van der Waals surface area (Å²) in [6.07, 6.45) is 2.30. The molecule has 1 aromatic heterocycles. The van der Waals surface area contributed by atoms with E-state index in [0.29, 0.717) is 22.0 Å². The van der Waals surface area contributed by atoms with Crippen molar-refractivity contribution in [3.05, 3.63) is 58.0 Å². The number of hydrogen-bond donors (Lipinski definition) is 1. The minimum Gasteiger partial charge on any atom is -0.450 e. The molecule has 3 rings (SSSR count).